The maximum absolute atomic E-state index is 5.98. The van der Waals surface area contributed by atoms with Crippen molar-refractivity contribution in [3.8, 4) is 0 Å². The first kappa shape index (κ1) is 11.3. The number of aliphatic imine (C=N–C) groups is 1. The van der Waals surface area contributed by atoms with E-state index in [0.717, 1.165) is 12.5 Å². The van der Waals surface area contributed by atoms with Crippen LogP contribution in [0.1, 0.15) is 40.5 Å². The first-order chi connectivity index (χ1) is 6.52. The molecule has 0 amide bonds. The summed E-state index contributed by atoms with van der Waals surface area (Å²) in [5, 5.41) is 0. The Morgan fingerprint density at radius 3 is 2.50 bits per heavy atom. The molecule has 1 aliphatic rings. The van der Waals surface area contributed by atoms with Crippen molar-refractivity contribution in [3.63, 3.8) is 0 Å². The Morgan fingerprint density at radius 1 is 1.36 bits per heavy atom. The van der Waals surface area contributed by atoms with Gasteiger partial charge in [0.1, 0.15) is 0 Å². The molecular formula is C11H23N3. The van der Waals surface area contributed by atoms with E-state index >= 15 is 0 Å². The van der Waals surface area contributed by atoms with Crippen LogP contribution in [0.4, 0.5) is 0 Å². The third kappa shape index (κ3) is 2.63. The fourth-order valence-electron chi connectivity index (χ4n) is 2.11. The van der Waals surface area contributed by atoms with Gasteiger partial charge in [0.15, 0.2) is 5.96 Å². The lowest BCUT2D eigenvalue weighted by molar-refractivity contribution is 0.305. The van der Waals surface area contributed by atoms with Gasteiger partial charge in [0, 0.05) is 18.6 Å². The number of guanidine groups is 1. The molecule has 0 radical (unpaired) electrons. The second kappa shape index (κ2) is 4.67. The summed E-state index contributed by atoms with van der Waals surface area (Å²) >= 11 is 0. The predicted octanol–water partition coefficient (Wildman–Crippen LogP) is 1.83. The summed E-state index contributed by atoms with van der Waals surface area (Å²) in [6, 6.07) is 0.890. The van der Waals surface area contributed by atoms with Gasteiger partial charge in [0.2, 0.25) is 0 Å². The number of hydrogen-bond acceptors (Lipinski definition) is 1. The van der Waals surface area contributed by atoms with Gasteiger partial charge >= 0.3 is 0 Å². The third-order valence-electron chi connectivity index (χ3n) is 2.75. The molecular weight excluding hydrogens is 174 g/mol. The number of hydrogen-bond donors (Lipinski definition) is 1. The fraction of sp³-hybridized carbons (Fsp3) is 0.909. The molecule has 0 aromatic carbocycles. The highest BCUT2D eigenvalue weighted by Crippen LogP contribution is 2.23. The Labute approximate surface area is 87.4 Å². The Morgan fingerprint density at radius 2 is 2.00 bits per heavy atom. The Balaban J connectivity index is 2.67. The molecule has 0 aromatic heterocycles. The molecule has 3 heteroatoms. The van der Waals surface area contributed by atoms with E-state index in [2.05, 4.69) is 37.6 Å². The second-order valence-electron chi connectivity index (χ2n) is 4.73. The quantitative estimate of drug-likeness (QED) is 0.542. The van der Waals surface area contributed by atoms with Crippen molar-refractivity contribution in [1.29, 1.82) is 0 Å². The highest BCUT2D eigenvalue weighted by molar-refractivity contribution is 5.78. The van der Waals surface area contributed by atoms with E-state index in [0.29, 0.717) is 18.0 Å². The summed E-state index contributed by atoms with van der Waals surface area (Å²) in [5.74, 6) is 1.40. The molecule has 3 nitrogen and oxygen atoms in total. The minimum absolute atomic E-state index is 0.295. The monoisotopic (exact) mass is 197 g/mol. The minimum atomic E-state index is 0.295. The first-order valence-electron chi connectivity index (χ1n) is 5.62. The highest BCUT2D eigenvalue weighted by Gasteiger charge is 2.28. The van der Waals surface area contributed by atoms with E-state index in [9.17, 15) is 0 Å². The summed E-state index contributed by atoms with van der Waals surface area (Å²) < 4.78 is 0. The van der Waals surface area contributed by atoms with Crippen LogP contribution in [-0.4, -0.2) is 29.5 Å². The van der Waals surface area contributed by atoms with Gasteiger partial charge in [0.25, 0.3) is 0 Å². The molecule has 0 saturated carbocycles. The average molecular weight is 197 g/mol. The number of nitrogens with two attached hydrogens (primary N) is 1. The van der Waals surface area contributed by atoms with Crippen molar-refractivity contribution >= 4 is 5.96 Å². The van der Waals surface area contributed by atoms with Crippen LogP contribution >= 0.6 is 0 Å². The standard InChI is InChI=1S/C11H23N3/c1-8(2)10-6-5-7-14(10)11(12)13-9(3)4/h8-10H,5-7H2,1-4H3,(H2,12,13). The van der Waals surface area contributed by atoms with Gasteiger partial charge in [-0.05, 0) is 32.6 Å². The molecule has 1 heterocycles. The van der Waals surface area contributed by atoms with Gasteiger partial charge in [0.05, 0.1) is 0 Å². The smallest absolute Gasteiger partial charge is 0.191 e. The molecule has 0 bridgehead atoms. The van der Waals surface area contributed by atoms with Gasteiger partial charge in [-0.25, -0.2) is 0 Å². The molecule has 0 aromatic rings. The van der Waals surface area contributed by atoms with Gasteiger partial charge in [-0.15, -0.1) is 0 Å². The van der Waals surface area contributed by atoms with Crippen molar-refractivity contribution in [3.05, 3.63) is 0 Å². The van der Waals surface area contributed by atoms with Crippen LogP contribution in [-0.2, 0) is 0 Å². The van der Waals surface area contributed by atoms with E-state index in [1.807, 2.05) is 0 Å². The van der Waals surface area contributed by atoms with E-state index < -0.39 is 0 Å². The molecule has 14 heavy (non-hydrogen) atoms. The fourth-order valence-corrected chi connectivity index (χ4v) is 2.11. The van der Waals surface area contributed by atoms with Gasteiger partial charge in [-0.2, -0.15) is 0 Å². The van der Waals surface area contributed by atoms with E-state index in [1.54, 1.807) is 0 Å². The van der Waals surface area contributed by atoms with Crippen molar-refractivity contribution in [2.75, 3.05) is 6.54 Å². The molecule has 1 rings (SSSR count). The van der Waals surface area contributed by atoms with Crippen LogP contribution < -0.4 is 5.73 Å². The molecule has 1 fully saturated rings. The zero-order chi connectivity index (χ0) is 10.7. The summed E-state index contributed by atoms with van der Waals surface area (Å²) in [7, 11) is 0. The van der Waals surface area contributed by atoms with Crippen molar-refractivity contribution in [2.24, 2.45) is 16.6 Å². The van der Waals surface area contributed by atoms with Gasteiger partial charge in [-0.3, -0.25) is 4.99 Å². The van der Waals surface area contributed by atoms with Crippen molar-refractivity contribution < 1.29 is 0 Å². The largest absolute Gasteiger partial charge is 0.370 e. The van der Waals surface area contributed by atoms with Crippen LogP contribution in [0.2, 0.25) is 0 Å². The maximum atomic E-state index is 5.98. The number of nitrogens with zero attached hydrogens (tertiary/aromatic N) is 2. The zero-order valence-corrected chi connectivity index (χ0v) is 9.83. The van der Waals surface area contributed by atoms with Crippen LogP contribution in [0.15, 0.2) is 4.99 Å². The minimum Gasteiger partial charge on any atom is -0.370 e. The molecule has 1 unspecified atom stereocenters. The lowest BCUT2D eigenvalue weighted by atomic mass is 10.0. The molecule has 1 saturated heterocycles. The Hall–Kier alpha value is -0.730. The Bertz CT molecular complexity index is 209. The van der Waals surface area contributed by atoms with Gasteiger partial charge < -0.3 is 10.6 Å². The summed E-state index contributed by atoms with van der Waals surface area (Å²) in [6.45, 7) is 9.71. The van der Waals surface area contributed by atoms with Gasteiger partial charge in [-0.1, -0.05) is 13.8 Å². The lowest BCUT2D eigenvalue weighted by Gasteiger charge is -2.28. The predicted molar refractivity (Wildman–Crippen MR) is 61.3 cm³/mol. The van der Waals surface area contributed by atoms with Crippen LogP contribution in [0.25, 0.3) is 0 Å². The maximum Gasteiger partial charge on any atom is 0.191 e. The molecule has 0 spiro atoms. The topological polar surface area (TPSA) is 41.6 Å². The van der Waals surface area contributed by atoms with Crippen LogP contribution in [0.3, 0.4) is 0 Å². The second-order valence-corrected chi connectivity index (χ2v) is 4.73. The number of rotatable bonds is 2. The van der Waals surface area contributed by atoms with Crippen molar-refractivity contribution in [2.45, 2.75) is 52.6 Å². The molecule has 1 atom stereocenters. The molecule has 82 valence electrons. The lowest BCUT2D eigenvalue weighted by Crippen LogP contribution is -2.43. The van der Waals surface area contributed by atoms with Crippen molar-refractivity contribution in [1.82, 2.24) is 4.90 Å². The van der Waals surface area contributed by atoms with E-state index in [1.165, 1.54) is 12.8 Å². The SMILES string of the molecule is CC(C)N=C(N)N1CCCC1C(C)C. The summed E-state index contributed by atoms with van der Waals surface area (Å²) in [5.41, 5.74) is 5.98. The third-order valence-corrected chi connectivity index (χ3v) is 2.75. The van der Waals surface area contributed by atoms with E-state index in [4.69, 9.17) is 5.73 Å². The molecule has 2 N–H and O–H groups in total. The normalized spacial score (nSPS) is 24.0. The zero-order valence-electron chi connectivity index (χ0n) is 9.83. The average Bonchev–Trinajstić information content (AvgIpc) is 2.49. The van der Waals surface area contributed by atoms with Crippen LogP contribution in [0, 0.1) is 5.92 Å². The molecule has 1 aliphatic heterocycles. The summed E-state index contributed by atoms with van der Waals surface area (Å²) in [6.07, 6.45) is 2.50. The van der Waals surface area contributed by atoms with E-state index in [-0.39, 0.29) is 0 Å². The first-order valence-corrected chi connectivity index (χ1v) is 5.62. The summed E-state index contributed by atoms with van der Waals surface area (Å²) in [4.78, 5) is 6.68. The highest BCUT2D eigenvalue weighted by atomic mass is 15.3. The molecule has 0 aliphatic carbocycles. The number of likely N-dealkylation sites (tertiary alicyclic amines) is 1. The van der Waals surface area contributed by atoms with Crippen LogP contribution in [0.5, 0.6) is 0 Å². The Kier molecular flexibility index (Phi) is 3.78.